The molecule has 1 saturated heterocycles. The van der Waals surface area contributed by atoms with E-state index >= 15 is 0 Å². The lowest BCUT2D eigenvalue weighted by molar-refractivity contribution is -0.132. The summed E-state index contributed by atoms with van der Waals surface area (Å²) in [6.45, 7) is 1.82. The van der Waals surface area contributed by atoms with E-state index in [0.717, 1.165) is 12.8 Å². The normalized spacial score (nSPS) is 27.6. The fraction of sp³-hybridized carbons (Fsp3) is 0.917. The molecule has 0 aromatic heterocycles. The number of carbonyl (C=O) groups is 1. The number of hydrogen-bond donors (Lipinski definition) is 1. The minimum atomic E-state index is -0.0441. The second-order valence-corrected chi connectivity index (χ2v) is 4.67. The molecule has 1 aliphatic carbocycles. The molecule has 1 aliphatic heterocycles. The molecular weight excluding hydrogens is 206 g/mol. The Labute approximate surface area is 96.7 Å². The Morgan fingerprint density at radius 2 is 2.00 bits per heavy atom. The maximum atomic E-state index is 11.7. The van der Waals surface area contributed by atoms with Crippen LogP contribution in [0.5, 0.6) is 0 Å². The van der Waals surface area contributed by atoms with Gasteiger partial charge >= 0.3 is 0 Å². The van der Waals surface area contributed by atoms with Gasteiger partial charge in [-0.25, -0.2) is 0 Å². The highest BCUT2D eigenvalue weighted by Gasteiger charge is 2.21. The van der Waals surface area contributed by atoms with Crippen LogP contribution in [-0.2, 0) is 14.3 Å². The van der Waals surface area contributed by atoms with Crippen molar-refractivity contribution in [2.75, 3.05) is 19.8 Å². The molecular formula is C12H21NO3. The zero-order valence-electron chi connectivity index (χ0n) is 9.74. The van der Waals surface area contributed by atoms with Crippen molar-refractivity contribution >= 4 is 5.91 Å². The Morgan fingerprint density at radius 1 is 1.19 bits per heavy atom. The van der Waals surface area contributed by atoms with Crippen LogP contribution >= 0.6 is 0 Å². The standard InChI is InChI=1S/C12H21NO3/c14-12(8-11-9-15-6-7-16-11)13-10-4-2-1-3-5-10/h10-11H,1-9H2,(H,13,14)/t11-/m1/s1. The minimum absolute atomic E-state index is 0.0441. The van der Waals surface area contributed by atoms with E-state index in [2.05, 4.69) is 5.32 Å². The molecule has 1 N–H and O–H groups in total. The highest BCUT2D eigenvalue weighted by molar-refractivity contribution is 5.76. The van der Waals surface area contributed by atoms with Crippen LogP contribution in [0.4, 0.5) is 0 Å². The summed E-state index contributed by atoms with van der Waals surface area (Å²) in [7, 11) is 0. The first-order valence-corrected chi connectivity index (χ1v) is 6.33. The molecule has 0 bridgehead atoms. The van der Waals surface area contributed by atoms with E-state index in [0.29, 0.717) is 32.3 Å². The van der Waals surface area contributed by atoms with Gasteiger partial charge in [0, 0.05) is 6.04 Å². The summed E-state index contributed by atoms with van der Waals surface area (Å²) in [5.74, 6) is 0.113. The number of ether oxygens (including phenoxy) is 2. The first-order chi connectivity index (χ1) is 7.84. The molecule has 0 aromatic carbocycles. The minimum Gasteiger partial charge on any atom is -0.376 e. The topological polar surface area (TPSA) is 47.6 Å². The van der Waals surface area contributed by atoms with E-state index in [1.807, 2.05) is 0 Å². The number of hydrogen-bond acceptors (Lipinski definition) is 3. The van der Waals surface area contributed by atoms with Gasteiger partial charge < -0.3 is 14.8 Å². The lowest BCUT2D eigenvalue weighted by Gasteiger charge is -2.25. The molecule has 2 fully saturated rings. The number of rotatable bonds is 3. The van der Waals surface area contributed by atoms with E-state index in [1.54, 1.807) is 0 Å². The van der Waals surface area contributed by atoms with Crippen LogP contribution in [0.15, 0.2) is 0 Å². The Balaban J connectivity index is 1.66. The molecule has 2 rings (SSSR count). The molecule has 0 radical (unpaired) electrons. The molecule has 1 atom stereocenters. The van der Waals surface area contributed by atoms with Gasteiger partial charge in [0.15, 0.2) is 0 Å². The zero-order chi connectivity index (χ0) is 11.2. The molecule has 0 spiro atoms. The maximum Gasteiger partial charge on any atom is 0.222 e. The maximum absolute atomic E-state index is 11.7. The van der Waals surface area contributed by atoms with E-state index in [9.17, 15) is 4.79 Å². The second-order valence-electron chi connectivity index (χ2n) is 4.67. The number of nitrogens with one attached hydrogen (secondary N) is 1. The lowest BCUT2D eigenvalue weighted by atomic mass is 9.95. The summed E-state index contributed by atoms with van der Waals surface area (Å²) in [5, 5.41) is 3.09. The Bertz CT molecular complexity index is 198. The van der Waals surface area contributed by atoms with Gasteiger partial charge in [-0.1, -0.05) is 19.3 Å². The van der Waals surface area contributed by atoms with Crippen molar-refractivity contribution in [1.82, 2.24) is 5.32 Å². The third-order valence-electron chi connectivity index (χ3n) is 3.27. The number of amides is 1. The average Bonchev–Trinajstić information content (AvgIpc) is 2.31. The highest BCUT2D eigenvalue weighted by atomic mass is 16.6. The monoisotopic (exact) mass is 227 g/mol. The van der Waals surface area contributed by atoms with Gasteiger partial charge in [0.2, 0.25) is 5.91 Å². The molecule has 1 amide bonds. The molecule has 1 saturated carbocycles. The summed E-state index contributed by atoms with van der Waals surface area (Å²) >= 11 is 0. The molecule has 2 aliphatic rings. The molecule has 4 nitrogen and oxygen atoms in total. The molecule has 4 heteroatoms. The molecule has 1 heterocycles. The van der Waals surface area contributed by atoms with E-state index < -0.39 is 0 Å². The lowest BCUT2D eigenvalue weighted by Crippen LogP contribution is -2.40. The average molecular weight is 227 g/mol. The summed E-state index contributed by atoms with van der Waals surface area (Å²) in [5.41, 5.74) is 0. The Hall–Kier alpha value is -0.610. The first-order valence-electron chi connectivity index (χ1n) is 6.33. The van der Waals surface area contributed by atoms with Crippen molar-refractivity contribution in [3.8, 4) is 0 Å². The predicted molar refractivity (Wildman–Crippen MR) is 60.2 cm³/mol. The van der Waals surface area contributed by atoms with Gasteiger partial charge in [0.05, 0.1) is 32.3 Å². The molecule has 16 heavy (non-hydrogen) atoms. The van der Waals surface area contributed by atoms with Gasteiger partial charge in [0.25, 0.3) is 0 Å². The van der Waals surface area contributed by atoms with E-state index in [4.69, 9.17) is 9.47 Å². The van der Waals surface area contributed by atoms with Crippen molar-refractivity contribution in [3.05, 3.63) is 0 Å². The summed E-state index contributed by atoms with van der Waals surface area (Å²) < 4.78 is 10.7. The third-order valence-corrected chi connectivity index (χ3v) is 3.27. The quantitative estimate of drug-likeness (QED) is 0.789. The van der Waals surface area contributed by atoms with E-state index in [-0.39, 0.29) is 12.0 Å². The summed E-state index contributed by atoms with van der Waals surface area (Å²) in [4.78, 5) is 11.7. The van der Waals surface area contributed by atoms with Crippen molar-refractivity contribution in [2.24, 2.45) is 0 Å². The fourth-order valence-corrected chi connectivity index (χ4v) is 2.39. The van der Waals surface area contributed by atoms with Crippen molar-refractivity contribution in [1.29, 1.82) is 0 Å². The fourth-order valence-electron chi connectivity index (χ4n) is 2.39. The SMILES string of the molecule is O=C(C[C@@H]1COCCO1)NC1CCCCC1. The second kappa shape index (κ2) is 6.21. The highest BCUT2D eigenvalue weighted by Crippen LogP contribution is 2.17. The molecule has 92 valence electrons. The third kappa shape index (κ3) is 3.76. The van der Waals surface area contributed by atoms with Gasteiger partial charge in [-0.05, 0) is 12.8 Å². The van der Waals surface area contributed by atoms with Crippen LogP contribution in [0.25, 0.3) is 0 Å². The molecule has 0 aromatic rings. The van der Waals surface area contributed by atoms with Crippen molar-refractivity contribution in [2.45, 2.75) is 50.7 Å². The Morgan fingerprint density at radius 3 is 2.69 bits per heavy atom. The Kier molecular flexibility index (Phi) is 4.60. The van der Waals surface area contributed by atoms with Crippen molar-refractivity contribution < 1.29 is 14.3 Å². The van der Waals surface area contributed by atoms with Crippen LogP contribution < -0.4 is 5.32 Å². The van der Waals surface area contributed by atoms with E-state index in [1.165, 1.54) is 19.3 Å². The van der Waals surface area contributed by atoms with Gasteiger partial charge in [-0.3, -0.25) is 4.79 Å². The largest absolute Gasteiger partial charge is 0.376 e. The first kappa shape index (κ1) is 11.9. The van der Waals surface area contributed by atoms with Crippen LogP contribution in [0.3, 0.4) is 0 Å². The zero-order valence-corrected chi connectivity index (χ0v) is 9.74. The summed E-state index contributed by atoms with van der Waals surface area (Å²) in [6.07, 6.45) is 6.46. The van der Waals surface area contributed by atoms with Gasteiger partial charge in [-0.2, -0.15) is 0 Å². The molecule has 0 unspecified atom stereocenters. The predicted octanol–water partition coefficient (Wildman–Crippen LogP) is 1.24. The van der Waals surface area contributed by atoms with Crippen LogP contribution in [0, 0.1) is 0 Å². The smallest absolute Gasteiger partial charge is 0.222 e. The summed E-state index contributed by atoms with van der Waals surface area (Å²) in [6, 6.07) is 0.394. The van der Waals surface area contributed by atoms with Crippen molar-refractivity contribution in [3.63, 3.8) is 0 Å². The van der Waals surface area contributed by atoms with Gasteiger partial charge in [-0.15, -0.1) is 0 Å². The van der Waals surface area contributed by atoms with Crippen LogP contribution in [-0.4, -0.2) is 37.9 Å². The van der Waals surface area contributed by atoms with Crippen LogP contribution in [0.1, 0.15) is 38.5 Å². The van der Waals surface area contributed by atoms with Gasteiger partial charge in [0.1, 0.15) is 0 Å². The number of carbonyl (C=O) groups excluding carboxylic acids is 1. The van der Waals surface area contributed by atoms with Crippen LogP contribution in [0.2, 0.25) is 0 Å².